The number of rotatable bonds is 7. The molecule has 0 aromatic heterocycles. The van der Waals surface area contributed by atoms with E-state index in [0.29, 0.717) is 18.3 Å². The van der Waals surface area contributed by atoms with Crippen molar-refractivity contribution in [3.05, 3.63) is 35.4 Å². The van der Waals surface area contributed by atoms with E-state index in [0.717, 1.165) is 6.42 Å². The first kappa shape index (κ1) is 22.5. The van der Waals surface area contributed by atoms with Gasteiger partial charge in [0.1, 0.15) is 12.0 Å². The quantitative estimate of drug-likeness (QED) is 0.659. The van der Waals surface area contributed by atoms with E-state index in [1.807, 2.05) is 0 Å². The van der Waals surface area contributed by atoms with E-state index >= 15 is 0 Å². The third kappa shape index (κ3) is 5.90. The van der Waals surface area contributed by atoms with Crippen LogP contribution in [0.4, 0.5) is 0 Å². The summed E-state index contributed by atoms with van der Waals surface area (Å²) in [7, 11) is 0. The number of ketones is 1. The second kappa shape index (κ2) is 9.28. The lowest BCUT2D eigenvalue weighted by Gasteiger charge is -2.48. The Bertz CT molecular complexity index is 686. The van der Waals surface area contributed by atoms with E-state index in [1.165, 1.54) is 56.4 Å². The minimum absolute atomic E-state index is 0.132. The Labute approximate surface area is 177 Å². The van der Waals surface area contributed by atoms with Crippen LogP contribution in [0.5, 0.6) is 0 Å². The number of fused-ring (bicyclic) bond motifs is 2. The molecule has 1 heterocycles. The predicted molar refractivity (Wildman–Crippen MR) is 119 cm³/mol. The molecule has 3 rings (SSSR count). The molecule has 162 valence electrons. The zero-order valence-electron chi connectivity index (χ0n) is 18.8. The number of carbonyl (C=O) groups is 1. The molecule has 1 aliphatic heterocycles. The fourth-order valence-corrected chi connectivity index (χ4v) is 5.04. The molecule has 1 aromatic carbocycles. The third-order valence-electron chi connectivity index (χ3n) is 6.97. The van der Waals surface area contributed by atoms with Crippen LogP contribution >= 0.6 is 0 Å². The smallest absolute Gasteiger partial charge is 0.129 e. The number of likely N-dealkylation sites (tertiary alicyclic amines) is 1. The number of hydrogen-bond acceptors (Lipinski definition) is 4. The number of benzene rings is 1. The lowest BCUT2D eigenvalue weighted by atomic mass is 9.63. The molecule has 0 amide bonds. The Hall–Kier alpha value is -1.23. The summed E-state index contributed by atoms with van der Waals surface area (Å²) in [5.41, 5.74) is 3.52. The molecule has 1 fully saturated rings. The molecule has 4 nitrogen and oxygen atoms in total. The first-order valence-electron chi connectivity index (χ1n) is 11.4. The molecule has 2 aliphatic rings. The molecule has 4 heteroatoms. The van der Waals surface area contributed by atoms with Crippen LogP contribution in [0.2, 0.25) is 0 Å². The first-order valence-corrected chi connectivity index (χ1v) is 11.4. The Balaban J connectivity index is 1.66. The fraction of sp³-hybridized carbons (Fsp3) is 0.720. The van der Waals surface area contributed by atoms with E-state index in [2.05, 4.69) is 55.3 Å². The first-order chi connectivity index (χ1) is 13.7. The van der Waals surface area contributed by atoms with Crippen LogP contribution in [-0.2, 0) is 10.2 Å². The zero-order chi connectivity index (χ0) is 21.1. The van der Waals surface area contributed by atoms with E-state index < -0.39 is 6.23 Å². The van der Waals surface area contributed by atoms with Crippen molar-refractivity contribution in [2.75, 3.05) is 19.6 Å². The third-order valence-corrected chi connectivity index (χ3v) is 6.97. The second-order valence-corrected chi connectivity index (χ2v) is 10.5. The number of hydrogen-bond donors (Lipinski definition) is 2. The van der Waals surface area contributed by atoms with Crippen molar-refractivity contribution in [3.63, 3.8) is 0 Å². The molecule has 29 heavy (non-hydrogen) atoms. The average Bonchev–Trinajstić information content (AvgIpc) is 2.68. The van der Waals surface area contributed by atoms with Gasteiger partial charge in [0.2, 0.25) is 0 Å². The molecule has 0 radical (unpaired) electrons. The summed E-state index contributed by atoms with van der Waals surface area (Å²) in [4.78, 5) is 13.9. The number of carbonyl (C=O) groups excluding carboxylic acids is 1. The highest BCUT2D eigenvalue weighted by Gasteiger charge is 2.42. The normalized spacial score (nSPS) is 23.0. The molecule has 1 aliphatic carbocycles. The number of nitrogens with one attached hydrogen (secondary N) is 1. The van der Waals surface area contributed by atoms with Gasteiger partial charge in [-0.15, -0.1) is 0 Å². The van der Waals surface area contributed by atoms with Crippen LogP contribution in [0.3, 0.4) is 0 Å². The highest BCUT2D eigenvalue weighted by molar-refractivity contribution is 5.75. The van der Waals surface area contributed by atoms with Crippen LogP contribution in [0.25, 0.3) is 0 Å². The molecule has 2 unspecified atom stereocenters. The van der Waals surface area contributed by atoms with E-state index in [9.17, 15) is 9.90 Å². The summed E-state index contributed by atoms with van der Waals surface area (Å²) in [5.74, 6) is 0.132. The van der Waals surface area contributed by atoms with Gasteiger partial charge in [-0.3, -0.25) is 5.32 Å². The van der Waals surface area contributed by atoms with Gasteiger partial charge in [-0.05, 0) is 87.0 Å². The molecule has 2 atom stereocenters. The highest BCUT2D eigenvalue weighted by Crippen LogP contribution is 2.48. The van der Waals surface area contributed by atoms with Crippen LogP contribution in [0.1, 0.15) is 89.8 Å². The maximum absolute atomic E-state index is 11.2. The Morgan fingerprint density at radius 1 is 1.24 bits per heavy atom. The number of aliphatic hydroxyl groups is 1. The molecule has 0 saturated carbocycles. The molecule has 1 saturated heterocycles. The SMILES string of the molecule is CC(=O)CCC(O)NC1CCC2(CCN(CCC(C)(C)C)CC2)c2ccccc21. The van der Waals surface area contributed by atoms with Gasteiger partial charge >= 0.3 is 0 Å². The van der Waals surface area contributed by atoms with Crippen molar-refractivity contribution in [1.82, 2.24) is 10.2 Å². The Morgan fingerprint density at radius 3 is 2.59 bits per heavy atom. The van der Waals surface area contributed by atoms with Gasteiger partial charge in [-0.2, -0.15) is 0 Å². The fourth-order valence-electron chi connectivity index (χ4n) is 5.04. The van der Waals surface area contributed by atoms with Crippen LogP contribution in [0, 0.1) is 5.41 Å². The van der Waals surface area contributed by atoms with Crippen molar-refractivity contribution in [3.8, 4) is 0 Å². The maximum atomic E-state index is 11.2. The van der Waals surface area contributed by atoms with Crippen LogP contribution in [-0.4, -0.2) is 41.7 Å². The van der Waals surface area contributed by atoms with E-state index in [4.69, 9.17) is 0 Å². The Morgan fingerprint density at radius 2 is 1.93 bits per heavy atom. The van der Waals surface area contributed by atoms with Gasteiger partial charge in [0, 0.05) is 12.5 Å². The monoisotopic (exact) mass is 400 g/mol. The van der Waals surface area contributed by atoms with Gasteiger partial charge in [-0.25, -0.2) is 0 Å². The van der Waals surface area contributed by atoms with Gasteiger partial charge < -0.3 is 14.8 Å². The van der Waals surface area contributed by atoms with Gasteiger partial charge in [0.15, 0.2) is 0 Å². The van der Waals surface area contributed by atoms with Crippen molar-refractivity contribution < 1.29 is 9.90 Å². The van der Waals surface area contributed by atoms with Gasteiger partial charge in [0.05, 0.1) is 0 Å². The number of Topliss-reactive ketones (excluding diaryl/α,β-unsaturated/α-hetero) is 1. The van der Waals surface area contributed by atoms with Crippen molar-refractivity contribution in [1.29, 1.82) is 0 Å². The molecule has 1 aromatic rings. The summed E-state index contributed by atoms with van der Waals surface area (Å²) < 4.78 is 0. The van der Waals surface area contributed by atoms with Crippen molar-refractivity contribution >= 4 is 5.78 Å². The number of aliphatic hydroxyl groups excluding tert-OH is 1. The van der Waals surface area contributed by atoms with Gasteiger partial charge in [0.25, 0.3) is 0 Å². The Kier molecular flexibility index (Phi) is 7.19. The summed E-state index contributed by atoms with van der Waals surface area (Å²) in [6.07, 6.45) is 6.23. The topological polar surface area (TPSA) is 52.6 Å². The molecule has 1 spiro atoms. The largest absolute Gasteiger partial charge is 0.379 e. The lowest BCUT2D eigenvalue weighted by Crippen LogP contribution is -2.47. The highest BCUT2D eigenvalue weighted by atomic mass is 16.3. The maximum Gasteiger partial charge on any atom is 0.129 e. The van der Waals surface area contributed by atoms with Crippen molar-refractivity contribution in [2.45, 2.75) is 90.3 Å². The molecular formula is C25H40N2O2. The van der Waals surface area contributed by atoms with Crippen molar-refractivity contribution in [2.24, 2.45) is 5.41 Å². The minimum Gasteiger partial charge on any atom is -0.379 e. The molecule has 0 bridgehead atoms. The van der Waals surface area contributed by atoms with E-state index in [1.54, 1.807) is 6.92 Å². The zero-order valence-corrected chi connectivity index (χ0v) is 18.8. The lowest BCUT2D eigenvalue weighted by molar-refractivity contribution is -0.117. The predicted octanol–water partition coefficient (Wildman–Crippen LogP) is 4.57. The number of piperidine rings is 1. The standard InChI is InChI=1S/C25H40N2O2/c1-19(28)9-10-23(29)26-22-11-12-25(21-8-6-5-7-20(21)22)14-17-27(18-15-25)16-13-24(2,3)4/h5-8,22-23,26,29H,9-18H2,1-4H3. The summed E-state index contributed by atoms with van der Waals surface area (Å²) in [6, 6.07) is 9.01. The number of nitrogens with zero attached hydrogens (tertiary/aromatic N) is 1. The molecule has 2 N–H and O–H groups in total. The van der Waals surface area contributed by atoms with Crippen LogP contribution in [0.15, 0.2) is 24.3 Å². The van der Waals surface area contributed by atoms with Crippen LogP contribution < -0.4 is 5.32 Å². The summed E-state index contributed by atoms with van der Waals surface area (Å²) >= 11 is 0. The summed E-state index contributed by atoms with van der Waals surface area (Å²) in [6.45, 7) is 12.1. The van der Waals surface area contributed by atoms with Gasteiger partial charge in [-0.1, -0.05) is 45.0 Å². The second-order valence-electron chi connectivity index (χ2n) is 10.5. The minimum atomic E-state index is -0.620. The average molecular weight is 401 g/mol. The molecular weight excluding hydrogens is 360 g/mol. The van der Waals surface area contributed by atoms with E-state index in [-0.39, 0.29) is 17.2 Å². The summed E-state index contributed by atoms with van der Waals surface area (Å²) in [5, 5.41) is 13.8.